The molecule has 0 aromatic heterocycles. The maximum Gasteiger partial charge on any atom is 0.123 e. The third kappa shape index (κ3) is 3.76. The Hall–Kier alpha value is -0.670. The van der Waals surface area contributed by atoms with Crippen LogP contribution in [-0.4, -0.2) is 25.7 Å². The Bertz CT molecular complexity index is 291. The molecule has 1 aromatic rings. The Kier molecular flexibility index (Phi) is 5.58. The highest BCUT2D eigenvalue weighted by atomic mass is 32.2. The van der Waals surface area contributed by atoms with E-state index in [4.69, 9.17) is 4.74 Å². The molecule has 0 unspecified atom stereocenters. The van der Waals surface area contributed by atoms with E-state index in [1.165, 1.54) is 5.56 Å². The summed E-state index contributed by atoms with van der Waals surface area (Å²) in [5, 5.41) is 3.47. The summed E-state index contributed by atoms with van der Waals surface area (Å²) in [5.74, 6) is 2.10. The summed E-state index contributed by atoms with van der Waals surface area (Å²) in [7, 11) is 1.72. The van der Waals surface area contributed by atoms with Crippen LogP contribution in [0.5, 0.6) is 5.75 Å². The molecule has 0 aliphatic rings. The van der Waals surface area contributed by atoms with Gasteiger partial charge in [-0.1, -0.05) is 18.2 Å². The third-order valence-corrected chi connectivity index (χ3v) is 2.97. The van der Waals surface area contributed by atoms with Gasteiger partial charge in [0.25, 0.3) is 0 Å². The molecule has 0 heterocycles. The van der Waals surface area contributed by atoms with Gasteiger partial charge in [-0.2, -0.15) is 11.8 Å². The lowest BCUT2D eigenvalue weighted by Crippen LogP contribution is -2.21. The lowest BCUT2D eigenvalue weighted by molar-refractivity contribution is 0.402. The summed E-state index contributed by atoms with van der Waals surface area (Å²) in [4.78, 5) is 0. The van der Waals surface area contributed by atoms with Crippen molar-refractivity contribution in [1.29, 1.82) is 0 Å². The zero-order valence-corrected chi connectivity index (χ0v) is 10.4. The number of thioether (sulfide) groups is 1. The number of ether oxygens (including phenoxy) is 1. The van der Waals surface area contributed by atoms with E-state index in [0.717, 1.165) is 18.0 Å². The average Bonchev–Trinajstić information content (AvgIpc) is 2.29. The Morgan fingerprint density at radius 1 is 1.40 bits per heavy atom. The van der Waals surface area contributed by atoms with Crippen LogP contribution in [0.25, 0.3) is 0 Å². The largest absolute Gasteiger partial charge is 0.496 e. The second-order valence-corrected chi connectivity index (χ2v) is 4.40. The van der Waals surface area contributed by atoms with Crippen LogP contribution >= 0.6 is 11.8 Å². The van der Waals surface area contributed by atoms with Crippen LogP contribution in [0.15, 0.2) is 24.3 Å². The fraction of sp³-hybridized carbons (Fsp3) is 0.500. The number of hydrogen-bond donors (Lipinski definition) is 1. The zero-order chi connectivity index (χ0) is 11.1. The summed E-state index contributed by atoms with van der Waals surface area (Å²) < 4.78 is 5.33. The van der Waals surface area contributed by atoms with Crippen LogP contribution in [0.1, 0.15) is 18.5 Å². The molecule has 0 saturated carbocycles. The van der Waals surface area contributed by atoms with Gasteiger partial charge in [-0.25, -0.2) is 0 Å². The number of benzene rings is 1. The molecule has 1 rings (SSSR count). The Morgan fingerprint density at radius 3 is 2.80 bits per heavy atom. The van der Waals surface area contributed by atoms with Crippen molar-refractivity contribution in [2.45, 2.75) is 13.0 Å². The number of methoxy groups -OCH3 is 1. The van der Waals surface area contributed by atoms with E-state index < -0.39 is 0 Å². The predicted molar refractivity (Wildman–Crippen MR) is 67.8 cm³/mol. The zero-order valence-electron chi connectivity index (χ0n) is 9.62. The van der Waals surface area contributed by atoms with Gasteiger partial charge in [0.05, 0.1) is 7.11 Å². The molecule has 0 spiro atoms. The molecular weight excluding hydrogens is 206 g/mol. The molecular formula is C12H19NOS. The van der Waals surface area contributed by atoms with Crippen molar-refractivity contribution in [3.63, 3.8) is 0 Å². The first-order valence-corrected chi connectivity index (χ1v) is 6.54. The highest BCUT2D eigenvalue weighted by Gasteiger charge is 2.08. The molecule has 0 bridgehead atoms. The van der Waals surface area contributed by atoms with Gasteiger partial charge in [-0.15, -0.1) is 0 Å². The van der Waals surface area contributed by atoms with E-state index in [2.05, 4.69) is 24.6 Å². The SMILES string of the molecule is COc1ccccc1[C@H](C)NCCSC. The second-order valence-electron chi connectivity index (χ2n) is 3.41. The normalized spacial score (nSPS) is 12.5. The standard InChI is InChI=1S/C12H19NOS/c1-10(13-8-9-15-3)11-6-4-5-7-12(11)14-2/h4-7,10,13H,8-9H2,1-3H3/t10-/m0/s1. The van der Waals surface area contributed by atoms with Gasteiger partial charge in [0.2, 0.25) is 0 Å². The van der Waals surface area contributed by atoms with Gasteiger partial charge in [-0.3, -0.25) is 0 Å². The molecule has 1 atom stereocenters. The minimum atomic E-state index is 0.341. The molecule has 84 valence electrons. The summed E-state index contributed by atoms with van der Waals surface area (Å²) >= 11 is 1.86. The summed E-state index contributed by atoms with van der Waals surface area (Å²) in [6.07, 6.45) is 2.12. The predicted octanol–water partition coefficient (Wildman–Crippen LogP) is 2.71. The van der Waals surface area contributed by atoms with E-state index in [9.17, 15) is 0 Å². The molecule has 0 radical (unpaired) electrons. The maximum absolute atomic E-state index is 5.33. The van der Waals surface area contributed by atoms with Gasteiger partial charge in [0, 0.05) is 23.9 Å². The maximum atomic E-state index is 5.33. The minimum Gasteiger partial charge on any atom is -0.496 e. The topological polar surface area (TPSA) is 21.3 Å². The van der Waals surface area contributed by atoms with Crippen LogP contribution < -0.4 is 10.1 Å². The summed E-state index contributed by atoms with van der Waals surface area (Å²) in [6, 6.07) is 8.49. The van der Waals surface area contributed by atoms with Crippen LogP contribution in [-0.2, 0) is 0 Å². The van der Waals surface area contributed by atoms with Gasteiger partial charge in [0.1, 0.15) is 5.75 Å². The van der Waals surface area contributed by atoms with Crippen molar-refractivity contribution >= 4 is 11.8 Å². The van der Waals surface area contributed by atoms with Gasteiger partial charge < -0.3 is 10.1 Å². The Balaban J connectivity index is 2.59. The van der Waals surface area contributed by atoms with E-state index in [1.54, 1.807) is 7.11 Å². The fourth-order valence-corrected chi connectivity index (χ4v) is 1.83. The van der Waals surface area contributed by atoms with E-state index in [-0.39, 0.29) is 0 Å². The number of nitrogens with one attached hydrogen (secondary N) is 1. The molecule has 0 fully saturated rings. The van der Waals surface area contributed by atoms with Crippen LogP contribution in [0.4, 0.5) is 0 Å². The molecule has 1 aromatic carbocycles. The third-order valence-electron chi connectivity index (χ3n) is 2.36. The molecule has 0 saturated heterocycles. The van der Waals surface area contributed by atoms with Crippen molar-refractivity contribution in [3.05, 3.63) is 29.8 Å². The number of rotatable bonds is 6. The van der Waals surface area contributed by atoms with E-state index >= 15 is 0 Å². The van der Waals surface area contributed by atoms with Crippen LogP contribution in [0.2, 0.25) is 0 Å². The van der Waals surface area contributed by atoms with Crippen LogP contribution in [0.3, 0.4) is 0 Å². The molecule has 0 aliphatic carbocycles. The van der Waals surface area contributed by atoms with Crippen molar-refractivity contribution in [3.8, 4) is 5.75 Å². The minimum absolute atomic E-state index is 0.341. The molecule has 0 aliphatic heterocycles. The van der Waals surface area contributed by atoms with Crippen molar-refractivity contribution in [1.82, 2.24) is 5.32 Å². The average molecular weight is 225 g/mol. The summed E-state index contributed by atoms with van der Waals surface area (Å²) in [5.41, 5.74) is 1.22. The molecule has 15 heavy (non-hydrogen) atoms. The summed E-state index contributed by atoms with van der Waals surface area (Å²) in [6.45, 7) is 3.19. The molecule has 3 heteroatoms. The first-order valence-electron chi connectivity index (χ1n) is 5.14. The van der Waals surface area contributed by atoms with Crippen molar-refractivity contribution in [2.24, 2.45) is 0 Å². The van der Waals surface area contributed by atoms with Crippen LogP contribution in [0, 0.1) is 0 Å². The first kappa shape index (κ1) is 12.4. The highest BCUT2D eigenvalue weighted by molar-refractivity contribution is 7.98. The Morgan fingerprint density at radius 2 is 2.13 bits per heavy atom. The second kappa shape index (κ2) is 6.75. The van der Waals surface area contributed by atoms with E-state index in [0.29, 0.717) is 6.04 Å². The number of para-hydroxylation sites is 1. The van der Waals surface area contributed by atoms with Gasteiger partial charge >= 0.3 is 0 Å². The highest BCUT2D eigenvalue weighted by Crippen LogP contribution is 2.23. The fourth-order valence-electron chi connectivity index (χ4n) is 1.51. The Labute approximate surface area is 96.4 Å². The van der Waals surface area contributed by atoms with E-state index in [1.807, 2.05) is 30.0 Å². The van der Waals surface area contributed by atoms with Gasteiger partial charge in [-0.05, 0) is 19.2 Å². The quantitative estimate of drug-likeness (QED) is 0.752. The molecule has 2 nitrogen and oxygen atoms in total. The van der Waals surface area contributed by atoms with Gasteiger partial charge in [0.15, 0.2) is 0 Å². The van der Waals surface area contributed by atoms with Crippen molar-refractivity contribution < 1.29 is 4.74 Å². The smallest absolute Gasteiger partial charge is 0.123 e. The monoisotopic (exact) mass is 225 g/mol. The lowest BCUT2D eigenvalue weighted by Gasteiger charge is -2.16. The first-order chi connectivity index (χ1) is 7.29. The number of hydrogen-bond acceptors (Lipinski definition) is 3. The lowest BCUT2D eigenvalue weighted by atomic mass is 10.1. The molecule has 1 N–H and O–H groups in total. The van der Waals surface area contributed by atoms with Crippen molar-refractivity contribution in [2.75, 3.05) is 25.7 Å². The molecule has 0 amide bonds.